The van der Waals surface area contributed by atoms with Crippen LogP contribution in [0.3, 0.4) is 0 Å². The molecule has 4 heterocycles. The van der Waals surface area contributed by atoms with Gasteiger partial charge in [-0.2, -0.15) is 0 Å². The van der Waals surface area contributed by atoms with E-state index >= 15 is 0 Å². The van der Waals surface area contributed by atoms with E-state index in [0.29, 0.717) is 12.3 Å². The number of hydrogen-bond acceptors (Lipinski definition) is 5. The molecule has 0 aliphatic carbocycles. The predicted molar refractivity (Wildman–Crippen MR) is 86.7 cm³/mol. The van der Waals surface area contributed by atoms with Crippen LogP contribution in [0.2, 0.25) is 0 Å². The van der Waals surface area contributed by atoms with E-state index in [1.54, 1.807) is 6.07 Å². The molecule has 7 heteroatoms. The van der Waals surface area contributed by atoms with Gasteiger partial charge in [-0.25, -0.2) is 0 Å². The van der Waals surface area contributed by atoms with Crippen molar-refractivity contribution < 1.29 is 9.32 Å². The molecule has 0 bridgehead atoms. The van der Waals surface area contributed by atoms with Gasteiger partial charge < -0.3 is 14.0 Å². The summed E-state index contributed by atoms with van der Waals surface area (Å²) in [5, 5.41) is 12.7. The second-order valence-corrected chi connectivity index (χ2v) is 6.86. The summed E-state index contributed by atoms with van der Waals surface area (Å²) in [5.74, 6) is 2.67. The largest absolute Gasteiger partial charge is 0.351 e. The van der Waals surface area contributed by atoms with Gasteiger partial charge in [-0.3, -0.25) is 4.79 Å². The first-order valence-electron chi connectivity index (χ1n) is 8.87. The van der Waals surface area contributed by atoms with E-state index in [0.717, 1.165) is 49.7 Å². The smallest absolute Gasteiger partial charge is 0.292 e. The molecule has 1 amide bonds. The van der Waals surface area contributed by atoms with E-state index in [1.807, 2.05) is 11.8 Å². The van der Waals surface area contributed by atoms with Crippen LogP contribution in [0.1, 0.15) is 65.9 Å². The lowest BCUT2D eigenvalue weighted by Crippen LogP contribution is -2.39. The normalized spacial score (nSPS) is 21.4. The number of aromatic nitrogens is 4. The van der Waals surface area contributed by atoms with Gasteiger partial charge in [0.15, 0.2) is 0 Å². The molecular weight excluding hydrogens is 306 g/mol. The molecule has 4 rings (SSSR count). The summed E-state index contributed by atoms with van der Waals surface area (Å²) < 4.78 is 7.43. The molecule has 1 saturated heterocycles. The number of hydrogen-bond donors (Lipinski definition) is 0. The maximum Gasteiger partial charge on any atom is 0.292 e. The fourth-order valence-electron chi connectivity index (χ4n) is 3.80. The van der Waals surface area contributed by atoms with Gasteiger partial charge in [0.05, 0.1) is 5.69 Å². The quantitative estimate of drug-likeness (QED) is 0.845. The van der Waals surface area contributed by atoms with Gasteiger partial charge in [-0.1, -0.05) is 11.6 Å². The Morgan fingerprint density at radius 3 is 2.96 bits per heavy atom. The lowest BCUT2D eigenvalue weighted by Gasteiger charge is -2.31. The number of aryl methyl sites for hydroxylation is 2. The molecule has 2 aromatic rings. The van der Waals surface area contributed by atoms with Crippen molar-refractivity contribution >= 4 is 5.91 Å². The Balaban J connectivity index is 1.53. The standard InChI is InChI=1S/C17H23N5O2/c1-12-10-14(24-20-12)17(23)21-8-5-6-13(11-21)16-19-18-15-7-3-2-4-9-22(15)16/h10,13H,2-9,11H2,1H3/t13-/m1/s1. The Bertz CT molecular complexity index is 735. The molecule has 2 aliphatic heterocycles. The topological polar surface area (TPSA) is 77.0 Å². The van der Waals surface area contributed by atoms with Crippen LogP contribution in [0.25, 0.3) is 0 Å². The molecule has 0 radical (unpaired) electrons. The summed E-state index contributed by atoms with van der Waals surface area (Å²) in [6, 6.07) is 1.70. The zero-order chi connectivity index (χ0) is 16.5. The predicted octanol–water partition coefficient (Wildman–Crippen LogP) is 2.32. The summed E-state index contributed by atoms with van der Waals surface area (Å²) in [4.78, 5) is 14.5. The molecule has 24 heavy (non-hydrogen) atoms. The van der Waals surface area contributed by atoms with Crippen molar-refractivity contribution in [2.45, 2.75) is 57.9 Å². The summed E-state index contributed by atoms with van der Waals surface area (Å²) in [5.41, 5.74) is 0.731. The van der Waals surface area contributed by atoms with Crippen LogP contribution in [0.5, 0.6) is 0 Å². The molecule has 0 N–H and O–H groups in total. The number of piperidine rings is 1. The molecule has 128 valence electrons. The Kier molecular flexibility index (Phi) is 4.08. The van der Waals surface area contributed by atoms with E-state index in [-0.39, 0.29) is 11.8 Å². The van der Waals surface area contributed by atoms with E-state index in [9.17, 15) is 4.79 Å². The molecule has 2 aromatic heterocycles. The van der Waals surface area contributed by atoms with E-state index in [4.69, 9.17) is 4.52 Å². The second kappa shape index (κ2) is 6.37. The minimum absolute atomic E-state index is 0.0732. The van der Waals surface area contributed by atoms with Gasteiger partial charge in [0.1, 0.15) is 11.6 Å². The third-order valence-electron chi connectivity index (χ3n) is 5.05. The molecule has 1 atom stereocenters. The van der Waals surface area contributed by atoms with E-state index in [2.05, 4.69) is 19.9 Å². The molecule has 0 spiro atoms. The molecule has 0 aromatic carbocycles. The van der Waals surface area contributed by atoms with Crippen molar-refractivity contribution in [3.05, 3.63) is 29.2 Å². The zero-order valence-corrected chi connectivity index (χ0v) is 14.1. The van der Waals surface area contributed by atoms with Crippen LogP contribution in [0.15, 0.2) is 10.6 Å². The molecule has 0 unspecified atom stereocenters. The van der Waals surface area contributed by atoms with Gasteiger partial charge in [0.25, 0.3) is 5.91 Å². The Morgan fingerprint density at radius 1 is 1.21 bits per heavy atom. The van der Waals surface area contributed by atoms with Gasteiger partial charge in [0, 0.05) is 38.0 Å². The van der Waals surface area contributed by atoms with Crippen LogP contribution in [-0.2, 0) is 13.0 Å². The van der Waals surface area contributed by atoms with Gasteiger partial charge in [-0.15, -0.1) is 10.2 Å². The lowest BCUT2D eigenvalue weighted by atomic mass is 9.96. The minimum atomic E-state index is -0.0732. The third kappa shape index (κ3) is 2.83. The number of carbonyl (C=O) groups excluding carboxylic acids is 1. The number of carbonyl (C=O) groups is 1. The van der Waals surface area contributed by atoms with Gasteiger partial charge in [-0.05, 0) is 32.6 Å². The molecule has 0 saturated carbocycles. The van der Waals surface area contributed by atoms with Crippen molar-refractivity contribution in [3.63, 3.8) is 0 Å². The Labute approximate surface area is 141 Å². The summed E-state index contributed by atoms with van der Waals surface area (Å²) >= 11 is 0. The number of amides is 1. The fourth-order valence-corrected chi connectivity index (χ4v) is 3.80. The van der Waals surface area contributed by atoms with Crippen LogP contribution in [0, 0.1) is 6.92 Å². The van der Waals surface area contributed by atoms with Crippen molar-refractivity contribution in [2.24, 2.45) is 0 Å². The lowest BCUT2D eigenvalue weighted by molar-refractivity contribution is 0.0661. The van der Waals surface area contributed by atoms with Crippen molar-refractivity contribution in [2.75, 3.05) is 13.1 Å². The van der Waals surface area contributed by atoms with E-state index < -0.39 is 0 Å². The first-order valence-corrected chi connectivity index (χ1v) is 8.87. The van der Waals surface area contributed by atoms with Crippen molar-refractivity contribution in [3.8, 4) is 0 Å². The highest BCUT2D eigenvalue weighted by atomic mass is 16.5. The molecule has 1 fully saturated rings. The highest BCUT2D eigenvalue weighted by Gasteiger charge is 2.31. The average molecular weight is 329 g/mol. The maximum absolute atomic E-state index is 12.6. The average Bonchev–Trinajstić information content (AvgIpc) is 3.14. The Morgan fingerprint density at radius 2 is 2.12 bits per heavy atom. The maximum atomic E-state index is 12.6. The molecule has 2 aliphatic rings. The minimum Gasteiger partial charge on any atom is -0.351 e. The summed E-state index contributed by atoms with van der Waals surface area (Å²) in [6.07, 6.45) is 6.68. The monoisotopic (exact) mass is 329 g/mol. The zero-order valence-electron chi connectivity index (χ0n) is 14.1. The number of nitrogens with zero attached hydrogens (tertiary/aromatic N) is 5. The number of likely N-dealkylation sites (tertiary alicyclic amines) is 1. The fraction of sp³-hybridized carbons (Fsp3) is 0.647. The molecular formula is C17H23N5O2. The van der Waals surface area contributed by atoms with Gasteiger partial charge in [0.2, 0.25) is 5.76 Å². The number of rotatable bonds is 2. The summed E-state index contributed by atoms with van der Waals surface area (Å²) in [7, 11) is 0. The van der Waals surface area contributed by atoms with Crippen LogP contribution in [-0.4, -0.2) is 43.8 Å². The van der Waals surface area contributed by atoms with Crippen LogP contribution >= 0.6 is 0 Å². The molecule has 7 nitrogen and oxygen atoms in total. The van der Waals surface area contributed by atoms with Gasteiger partial charge >= 0.3 is 0 Å². The Hall–Kier alpha value is -2.18. The van der Waals surface area contributed by atoms with Crippen molar-refractivity contribution in [1.29, 1.82) is 0 Å². The number of fused-ring (bicyclic) bond motifs is 1. The first-order chi connectivity index (χ1) is 11.7. The third-order valence-corrected chi connectivity index (χ3v) is 5.05. The van der Waals surface area contributed by atoms with Crippen LogP contribution in [0.4, 0.5) is 0 Å². The highest BCUT2D eigenvalue weighted by Crippen LogP contribution is 2.28. The highest BCUT2D eigenvalue weighted by molar-refractivity contribution is 5.91. The second-order valence-electron chi connectivity index (χ2n) is 6.86. The van der Waals surface area contributed by atoms with Crippen LogP contribution < -0.4 is 0 Å². The van der Waals surface area contributed by atoms with Crippen molar-refractivity contribution in [1.82, 2.24) is 24.8 Å². The summed E-state index contributed by atoms with van der Waals surface area (Å²) in [6.45, 7) is 4.26. The van der Waals surface area contributed by atoms with E-state index in [1.165, 1.54) is 19.3 Å². The first kappa shape index (κ1) is 15.4. The SMILES string of the molecule is Cc1cc(C(=O)N2CCC[C@@H](c3nnc4n3CCCCC4)C2)on1.